The molecule has 1 amide bonds. The van der Waals surface area contributed by atoms with E-state index in [1.54, 1.807) is 12.1 Å². The number of carbonyl (C=O) groups is 1. The van der Waals surface area contributed by atoms with Crippen molar-refractivity contribution in [1.82, 2.24) is 10.3 Å². The van der Waals surface area contributed by atoms with Crippen LogP contribution < -0.4 is 10.9 Å². The molecule has 1 fully saturated rings. The molecule has 2 N–H and O–H groups in total. The van der Waals surface area contributed by atoms with Crippen LogP contribution in [0, 0.1) is 19.7 Å². The van der Waals surface area contributed by atoms with Gasteiger partial charge in [-0.2, -0.15) is 0 Å². The lowest BCUT2D eigenvalue weighted by atomic mass is 9.74. The summed E-state index contributed by atoms with van der Waals surface area (Å²) < 4.78 is 18.8. The minimum Gasteiger partial charge on any atom is -0.381 e. The van der Waals surface area contributed by atoms with Gasteiger partial charge in [0.2, 0.25) is 5.91 Å². The molecule has 27 heavy (non-hydrogen) atoms. The highest BCUT2D eigenvalue weighted by Crippen LogP contribution is 2.34. The number of rotatable bonds is 5. The normalized spacial score (nSPS) is 16.1. The molecule has 1 aliphatic heterocycles. The summed E-state index contributed by atoms with van der Waals surface area (Å²) in [4.78, 5) is 27.4. The van der Waals surface area contributed by atoms with Gasteiger partial charge in [0.05, 0.1) is 6.42 Å². The molecule has 0 unspecified atom stereocenters. The minimum atomic E-state index is -0.281. The number of benzene rings is 1. The zero-order valence-corrected chi connectivity index (χ0v) is 15.7. The van der Waals surface area contributed by atoms with Crippen molar-refractivity contribution in [3.8, 4) is 0 Å². The van der Waals surface area contributed by atoms with Gasteiger partial charge in [-0.15, -0.1) is 0 Å². The van der Waals surface area contributed by atoms with Gasteiger partial charge >= 0.3 is 0 Å². The molecule has 0 aliphatic carbocycles. The number of H-pyrrole nitrogens is 1. The Morgan fingerprint density at radius 1 is 1.22 bits per heavy atom. The fourth-order valence-electron chi connectivity index (χ4n) is 3.73. The highest BCUT2D eigenvalue weighted by molar-refractivity contribution is 5.79. The van der Waals surface area contributed by atoms with Crippen molar-refractivity contribution in [1.29, 1.82) is 0 Å². The molecule has 0 atom stereocenters. The summed E-state index contributed by atoms with van der Waals surface area (Å²) in [5.41, 5.74) is 2.57. The van der Waals surface area contributed by atoms with E-state index in [2.05, 4.69) is 10.3 Å². The molecule has 0 bridgehead atoms. The molecule has 5 nitrogen and oxygen atoms in total. The molecular weight excluding hydrogens is 347 g/mol. The maximum atomic E-state index is 13.3. The third kappa shape index (κ3) is 4.45. The predicted octanol–water partition coefficient (Wildman–Crippen LogP) is 2.54. The van der Waals surface area contributed by atoms with Crippen molar-refractivity contribution in [3.05, 3.63) is 68.9 Å². The van der Waals surface area contributed by atoms with Gasteiger partial charge in [-0.1, -0.05) is 12.1 Å². The van der Waals surface area contributed by atoms with Crippen molar-refractivity contribution in [2.24, 2.45) is 0 Å². The van der Waals surface area contributed by atoms with Crippen LogP contribution in [0.15, 0.2) is 35.1 Å². The number of aromatic nitrogens is 1. The monoisotopic (exact) mass is 372 g/mol. The van der Waals surface area contributed by atoms with E-state index >= 15 is 0 Å². The van der Waals surface area contributed by atoms with Crippen LogP contribution in [0.5, 0.6) is 0 Å². The van der Waals surface area contributed by atoms with Gasteiger partial charge in [0.15, 0.2) is 0 Å². The van der Waals surface area contributed by atoms with Crippen LogP contribution in [0.1, 0.15) is 35.2 Å². The highest BCUT2D eigenvalue weighted by Gasteiger charge is 2.35. The molecule has 1 aromatic carbocycles. The van der Waals surface area contributed by atoms with Crippen molar-refractivity contribution in [2.45, 2.75) is 38.5 Å². The minimum absolute atomic E-state index is 0.0391. The van der Waals surface area contributed by atoms with Crippen molar-refractivity contribution in [2.75, 3.05) is 19.8 Å². The number of hydrogen-bond acceptors (Lipinski definition) is 3. The molecule has 1 aliphatic rings. The fourth-order valence-corrected chi connectivity index (χ4v) is 3.73. The first-order valence-electron chi connectivity index (χ1n) is 9.19. The zero-order valence-electron chi connectivity index (χ0n) is 15.7. The second kappa shape index (κ2) is 8.05. The van der Waals surface area contributed by atoms with E-state index in [1.807, 2.05) is 19.9 Å². The number of nitrogens with one attached hydrogen (secondary N) is 2. The Labute approximate surface area is 158 Å². The van der Waals surface area contributed by atoms with E-state index in [-0.39, 0.29) is 29.1 Å². The molecule has 0 saturated carbocycles. The summed E-state index contributed by atoms with van der Waals surface area (Å²) in [6.07, 6.45) is 1.55. The second-order valence-electron chi connectivity index (χ2n) is 7.30. The molecule has 6 heteroatoms. The molecule has 1 aromatic heterocycles. The molecule has 144 valence electrons. The van der Waals surface area contributed by atoms with E-state index in [9.17, 15) is 14.0 Å². The predicted molar refractivity (Wildman–Crippen MR) is 101 cm³/mol. The number of ether oxygens (including phenoxy) is 1. The first-order valence-corrected chi connectivity index (χ1v) is 9.19. The second-order valence-corrected chi connectivity index (χ2v) is 7.30. The van der Waals surface area contributed by atoms with Crippen LogP contribution in [0.4, 0.5) is 4.39 Å². The molecule has 1 saturated heterocycles. The Balaban J connectivity index is 1.73. The van der Waals surface area contributed by atoms with Crippen LogP contribution in [0.3, 0.4) is 0 Å². The maximum absolute atomic E-state index is 13.3. The molecular formula is C21H25FN2O3. The van der Waals surface area contributed by atoms with Gasteiger partial charge in [0, 0.05) is 36.4 Å². The summed E-state index contributed by atoms with van der Waals surface area (Å²) in [7, 11) is 0. The fraction of sp³-hybridized carbons (Fsp3) is 0.429. The lowest BCUT2D eigenvalue weighted by Gasteiger charge is -2.38. The summed E-state index contributed by atoms with van der Waals surface area (Å²) in [5.74, 6) is -0.473. The van der Waals surface area contributed by atoms with Gasteiger partial charge in [-0.25, -0.2) is 4.39 Å². The van der Waals surface area contributed by atoms with Crippen LogP contribution >= 0.6 is 0 Å². The molecule has 0 radical (unpaired) electrons. The lowest BCUT2D eigenvalue weighted by molar-refractivity contribution is -0.121. The first kappa shape index (κ1) is 19.3. The van der Waals surface area contributed by atoms with Crippen molar-refractivity contribution < 1.29 is 13.9 Å². The quantitative estimate of drug-likeness (QED) is 0.847. The van der Waals surface area contributed by atoms with Gasteiger partial charge in [-0.05, 0) is 56.0 Å². The largest absolute Gasteiger partial charge is 0.381 e. The number of aromatic amines is 1. The van der Waals surface area contributed by atoms with Gasteiger partial charge in [0.25, 0.3) is 5.56 Å². The number of amides is 1. The molecule has 0 spiro atoms. The average molecular weight is 372 g/mol. The summed E-state index contributed by atoms with van der Waals surface area (Å²) in [6.45, 7) is 5.29. The van der Waals surface area contributed by atoms with E-state index in [4.69, 9.17) is 4.74 Å². The first-order chi connectivity index (χ1) is 12.9. The highest BCUT2D eigenvalue weighted by atomic mass is 19.1. The Hall–Kier alpha value is -2.47. The summed E-state index contributed by atoms with van der Waals surface area (Å²) in [6, 6.07) is 8.32. The van der Waals surface area contributed by atoms with Crippen molar-refractivity contribution >= 4 is 5.91 Å². The average Bonchev–Trinajstić information content (AvgIpc) is 2.64. The Morgan fingerprint density at radius 3 is 2.52 bits per heavy atom. The SMILES string of the molecule is Cc1cc(C)c(CC(=O)NCC2(c3ccc(F)cc3)CCOCC2)c(=O)[nH]1. The summed E-state index contributed by atoms with van der Waals surface area (Å²) in [5, 5.41) is 2.98. The van der Waals surface area contributed by atoms with E-state index in [1.165, 1.54) is 12.1 Å². The van der Waals surface area contributed by atoms with Gasteiger partial charge in [0.1, 0.15) is 5.82 Å². The molecule has 2 aromatic rings. The van der Waals surface area contributed by atoms with Crippen LogP contribution in [-0.4, -0.2) is 30.6 Å². The zero-order chi connectivity index (χ0) is 19.4. The number of pyridine rings is 1. The van der Waals surface area contributed by atoms with E-state index in [0.717, 1.165) is 29.7 Å². The van der Waals surface area contributed by atoms with Gasteiger partial charge in [-0.3, -0.25) is 9.59 Å². The Kier molecular flexibility index (Phi) is 5.75. The molecule has 2 heterocycles. The number of aryl methyl sites for hydroxylation is 2. The van der Waals surface area contributed by atoms with Crippen LogP contribution in [0.25, 0.3) is 0 Å². The van der Waals surface area contributed by atoms with Gasteiger partial charge < -0.3 is 15.0 Å². The van der Waals surface area contributed by atoms with Crippen LogP contribution in [-0.2, 0) is 21.4 Å². The Morgan fingerprint density at radius 2 is 1.89 bits per heavy atom. The third-order valence-corrected chi connectivity index (χ3v) is 5.36. The van der Waals surface area contributed by atoms with E-state index < -0.39 is 0 Å². The van der Waals surface area contributed by atoms with Crippen LogP contribution in [0.2, 0.25) is 0 Å². The number of hydrogen-bond donors (Lipinski definition) is 2. The topological polar surface area (TPSA) is 71.2 Å². The third-order valence-electron chi connectivity index (χ3n) is 5.36. The van der Waals surface area contributed by atoms with Crippen molar-refractivity contribution in [3.63, 3.8) is 0 Å². The smallest absolute Gasteiger partial charge is 0.252 e. The van der Waals surface area contributed by atoms with E-state index in [0.29, 0.717) is 25.3 Å². The Bertz CT molecular complexity index is 868. The standard InChI is InChI=1S/C21H25FN2O3/c1-14-11-15(2)24-20(26)18(14)12-19(25)23-13-21(7-9-27-10-8-21)16-3-5-17(22)6-4-16/h3-6,11H,7-10,12-13H2,1-2H3,(H,23,25)(H,24,26). The number of halogens is 1. The lowest BCUT2D eigenvalue weighted by Crippen LogP contribution is -2.45. The number of carbonyl (C=O) groups excluding carboxylic acids is 1. The molecule has 3 rings (SSSR count). The maximum Gasteiger partial charge on any atom is 0.252 e. The summed E-state index contributed by atoms with van der Waals surface area (Å²) >= 11 is 0.